The van der Waals surface area contributed by atoms with Gasteiger partial charge < -0.3 is 5.32 Å². The van der Waals surface area contributed by atoms with Gasteiger partial charge in [-0.15, -0.1) is 0 Å². The molecule has 1 aliphatic rings. The Balaban J connectivity index is 1.90. The van der Waals surface area contributed by atoms with Crippen LogP contribution in [0.4, 0.5) is 13.2 Å². The van der Waals surface area contributed by atoms with Gasteiger partial charge in [0.05, 0.1) is 5.56 Å². The predicted octanol–water partition coefficient (Wildman–Crippen LogP) is 4.03. The van der Waals surface area contributed by atoms with Crippen molar-refractivity contribution in [3.8, 4) is 0 Å². The third-order valence-electron chi connectivity index (χ3n) is 4.06. The first kappa shape index (κ1) is 14.4. The molecule has 106 valence electrons. The summed E-state index contributed by atoms with van der Waals surface area (Å²) in [5.41, 5.74) is 0.455. The molecule has 0 radical (unpaired) electrons. The second kappa shape index (κ2) is 5.95. The largest absolute Gasteiger partial charge is 0.416 e. The van der Waals surface area contributed by atoms with Gasteiger partial charge in [0.1, 0.15) is 0 Å². The van der Waals surface area contributed by atoms with Gasteiger partial charge in [-0.1, -0.05) is 12.1 Å². The monoisotopic (exact) mass is 271 g/mol. The van der Waals surface area contributed by atoms with Gasteiger partial charge in [0.15, 0.2) is 0 Å². The van der Waals surface area contributed by atoms with Crippen molar-refractivity contribution in [2.45, 2.75) is 44.3 Å². The Kier molecular flexibility index (Phi) is 4.50. The Morgan fingerprint density at radius 2 is 1.63 bits per heavy atom. The molecule has 0 unspecified atom stereocenters. The second-order valence-electron chi connectivity index (χ2n) is 5.41. The van der Waals surface area contributed by atoms with E-state index in [4.69, 9.17) is 0 Å². The number of nitrogens with one attached hydrogen (secondary N) is 1. The number of halogens is 3. The molecular formula is C15H20F3N. The van der Waals surface area contributed by atoms with Gasteiger partial charge in [-0.25, -0.2) is 0 Å². The maximum Gasteiger partial charge on any atom is 0.416 e. The van der Waals surface area contributed by atoms with E-state index in [2.05, 4.69) is 5.32 Å². The topological polar surface area (TPSA) is 12.0 Å². The zero-order chi connectivity index (χ0) is 13.9. The molecule has 0 amide bonds. The summed E-state index contributed by atoms with van der Waals surface area (Å²) in [5.74, 6) is 0.612. The van der Waals surface area contributed by atoms with Crippen molar-refractivity contribution in [2.75, 3.05) is 7.05 Å². The fourth-order valence-electron chi connectivity index (χ4n) is 2.82. The van der Waals surface area contributed by atoms with Crippen LogP contribution in [0.1, 0.15) is 36.8 Å². The van der Waals surface area contributed by atoms with Crippen molar-refractivity contribution in [3.05, 3.63) is 35.4 Å². The number of hydrogen-bond acceptors (Lipinski definition) is 1. The minimum absolute atomic E-state index is 0.560. The van der Waals surface area contributed by atoms with Crippen LogP contribution in [-0.4, -0.2) is 13.1 Å². The molecule has 0 bridgehead atoms. The van der Waals surface area contributed by atoms with E-state index in [-0.39, 0.29) is 0 Å². The molecule has 1 aromatic rings. The summed E-state index contributed by atoms with van der Waals surface area (Å²) in [6.07, 6.45) is 1.32. The Hall–Kier alpha value is -1.03. The minimum Gasteiger partial charge on any atom is -0.317 e. The SMILES string of the molecule is CNC1CCC(Cc2ccc(C(F)(F)F)cc2)CC1. The fourth-order valence-corrected chi connectivity index (χ4v) is 2.82. The van der Waals surface area contributed by atoms with Crippen LogP contribution in [-0.2, 0) is 12.6 Å². The molecule has 0 heterocycles. The molecule has 0 atom stereocenters. The normalized spacial score (nSPS) is 24.4. The summed E-state index contributed by atoms with van der Waals surface area (Å²) < 4.78 is 37.4. The Morgan fingerprint density at radius 3 is 2.11 bits per heavy atom. The average Bonchev–Trinajstić information content (AvgIpc) is 2.39. The van der Waals surface area contributed by atoms with Gasteiger partial charge in [-0.2, -0.15) is 13.2 Å². The molecule has 2 rings (SSSR count). The molecule has 0 saturated heterocycles. The highest BCUT2D eigenvalue weighted by Crippen LogP contribution is 2.31. The lowest BCUT2D eigenvalue weighted by atomic mass is 9.82. The first-order valence-corrected chi connectivity index (χ1v) is 6.82. The van der Waals surface area contributed by atoms with Crippen LogP contribution < -0.4 is 5.32 Å². The third kappa shape index (κ3) is 3.96. The van der Waals surface area contributed by atoms with Crippen LogP contribution in [0.5, 0.6) is 0 Å². The van der Waals surface area contributed by atoms with Gasteiger partial charge in [-0.3, -0.25) is 0 Å². The van der Waals surface area contributed by atoms with E-state index in [1.807, 2.05) is 7.05 Å². The summed E-state index contributed by atoms with van der Waals surface area (Å²) in [6, 6.07) is 6.23. The molecule has 1 nitrogen and oxygen atoms in total. The maximum absolute atomic E-state index is 12.5. The third-order valence-corrected chi connectivity index (χ3v) is 4.06. The number of hydrogen-bond donors (Lipinski definition) is 1. The molecule has 0 aliphatic heterocycles. The molecule has 0 aromatic heterocycles. The highest BCUT2D eigenvalue weighted by Gasteiger charge is 2.30. The lowest BCUT2D eigenvalue weighted by Gasteiger charge is -2.28. The zero-order valence-electron chi connectivity index (χ0n) is 11.1. The Morgan fingerprint density at radius 1 is 1.05 bits per heavy atom. The first-order valence-electron chi connectivity index (χ1n) is 6.82. The van der Waals surface area contributed by atoms with Crippen molar-refractivity contribution >= 4 is 0 Å². The molecule has 1 fully saturated rings. The van der Waals surface area contributed by atoms with Gasteiger partial charge >= 0.3 is 6.18 Å². The van der Waals surface area contributed by atoms with Gasteiger partial charge in [0, 0.05) is 6.04 Å². The van der Waals surface area contributed by atoms with Crippen LogP contribution in [0.2, 0.25) is 0 Å². The van der Waals surface area contributed by atoms with E-state index >= 15 is 0 Å². The smallest absolute Gasteiger partial charge is 0.317 e. The lowest BCUT2D eigenvalue weighted by molar-refractivity contribution is -0.137. The molecule has 19 heavy (non-hydrogen) atoms. The summed E-state index contributed by atoms with van der Waals surface area (Å²) in [4.78, 5) is 0. The van der Waals surface area contributed by atoms with E-state index < -0.39 is 11.7 Å². The van der Waals surface area contributed by atoms with Crippen molar-refractivity contribution in [1.82, 2.24) is 5.32 Å². The lowest BCUT2D eigenvalue weighted by Crippen LogP contribution is -2.30. The van der Waals surface area contributed by atoms with E-state index in [1.54, 1.807) is 12.1 Å². The molecule has 1 saturated carbocycles. The average molecular weight is 271 g/mol. The highest BCUT2D eigenvalue weighted by atomic mass is 19.4. The summed E-state index contributed by atoms with van der Waals surface area (Å²) in [6.45, 7) is 0. The van der Waals surface area contributed by atoms with Crippen molar-refractivity contribution in [2.24, 2.45) is 5.92 Å². The number of alkyl halides is 3. The summed E-state index contributed by atoms with van der Waals surface area (Å²) >= 11 is 0. The fraction of sp³-hybridized carbons (Fsp3) is 0.600. The van der Waals surface area contributed by atoms with Gasteiger partial charge in [-0.05, 0) is 62.8 Å². The van der Waals surface area contributed by atoms with E-state index in [0.717, 1.165) is 24.8 Å². The van der Waals surface area contributed by atoms with Crippen LogP contribution >= 0.6 is 0 Å². The second-order valence-corrected chi connectivity index (χ2v) is 5.41. The zero-order valence-corrected chi connectivity index (χ0v) is 11.1. The quantitative estimate of drug-likeness (QED) is 0.875. The molecular weight excluding hydrogens is 251 g/mol. The maximum atomic E-state index is 12.5. The van der Waals surface area contributed by atoms with Gasteiger partial charge in [0.2, 0.25) is 0 Å². The standard InChI is InChI=1S/C15H20F3N/c1-19-14-8-4-12(5-9-14)10-11-2-6-13(7-3-11)15(16,17)18/h2-3,6-7,12,14,19H,4-5,8-10H2,1H3. The van der Waals surface area contributed by atoms with Crippen LogP contribution in [0.25, 0.3) is 0 Å². The number of benzene rings is 1. The molecule has 4 heteroatoms. The predicted molar refractivity (Wildman–Crippen MR) is 70.0 cm³/mol. The van der Waals surface area contributed by atoms with E-state index in [9.17, 15) is 13.2 Å². The highest BCUT2D eigenvalue weighted by molar-refractivity contribution is 5.25. The summed E-state index contributed by atoms with van der Waals surface area (Å²) in [5, 5.41) is 3.29. The van der Waals surface area contributed by atoms with Crippen molar-refractivity contribution < 1.29 is 13.2 Å². The molecule has 0 spiro atoms. The van der Waals surface area contributed by atoms with Gasteiger partial charge in [0.25, 0.3) is 0 Å². The summed E-state index contributed by atoms with van der Waals surface area (Å²) in [7, 11) is 1.99. The Labute approximate surface area is 112 Å². The van der Waals surface area contributed by atoms with Crippen molar-refractivity contribution in [1.29, 1.82) is 0 Å². The van der Waals surface area contributed by atoms with Crippen LogP contribution in [0, 0.1) is 5.92 Å². The van der Waals surface area contributed by atoms with Crippen LogP contribution in [0.3, 0.4) is 0 Å². The van der Waals surface area contributed by atoms with E-state index in [1.165, 1.54) is 25.0 Å². The minimum atomic E-state index is -4.23. The number of rotatable bonds is 3. The van der Waals surface area contributed by atoms with Crippen LogP contribution in [0.15, 0.2) is 24.3 Å². The Bertz CT molecular complexity index is 389. The molecule has 1 N–H and O–H groups in total. The first-order chi connectivity index (χ1) is 8.99. The van der Waals surface area contributed by atoms with E-state index in [0.29, 0.717) is 12.0 Å². The molecule has 1 aromatic carbocycles. The molecule has 1 aliphatic carbocycles. The van der Waals surface area contributed by atoms with Crippen molar-refractivity contribution in [3.63, 3.8) is 0 Å².